The third kappa shape index (κ3) is 7.27. The summed E-state index contributed by atoms with van der Waals surface area (Å²) in [6.07, 6.45) is 8.80. The van der Waals surface area contributed by atoms with Crippen LogP contribution in [0.5, 0.6) is 0 Å². The maximum absolute atomic E-state index is 12.2. The average Bonchev–Trinajstić information content (AvgIpc) is 2.32. The van der Waals surface area contributed by atoms with Crippen molar-refractivity contribution in [3.8, 4) is 0 Å². The quantitative estimate of drug-likeness (QED) is 0.838. The molecular weight excluding hydrogens is 236 g/mol. The monoisotopic (exact) mass is 263 g/mol. The highest BCUT2D eigenvalue weighted by molar-refractivity contribution is 4.74. The minimum atomic E-state index is -2.39. The summed E-state index contributed by atoms with van der Waals surface area (Å²) in [5.74, 6) is 0. The van der Waals surface area contributed by atoms with Gasteiger partial charge < -0.3 is 10.5 Å². The van der Waals surface area contributed by atoms with Crippen LogP contribution in [0.1, 0.15) is 64.2 Å². The zero-order valence-corrected chi connectivity index (χ0v) is 11.3. The van der Waals surface area contributed by atoms with E-state index in [1.54, 1.807) is 0 Å². The first-order valence-electron chi connectivity index (χ1n) is 7.35. The third-order valence-electron chi connectivity index (χ3n) is 3.69. The van der Waals surface area contributed by atoms with Crippen molar-refractivity contribution in [3.05, 3.63) is 0 Å². The van der Waals surface area contributed by atoms with Gasteiger partial charge in [-0.3, -0.25) is 0 Å². The molecule has 2 nitrogen and oxygen atoms in total. The van der Waals surface area contributed by atoms with Gasteiger partial charge in [0.15, 0.2) is 0 Å². The van der Waals surface area contributed by atoms with E-state index in [0.717, 1.165) is 25.7 Å². The van der Waals surface area contributed by atoms with E-state index in [2.05, 4.69) is 0 Å². The van der Waals surface area contributed by atoms with Gasteiger partial charge in [-0.25, -0.2) is 8.78 Å². The van der Waals surface area contributed by atoms with Crippen molar-refractivity contribution in [2.75, 3.05) is 6.61 Å². The second kappa shape index (κ2) is 9.68. The number of hydrogen-bond donors (Lipinski definition) is 1. The number of nitrogens with two attached hydrogens (primary N) is 1. The van der Waals surface area contributed by atoms with E-state index in [0.29, 0.717) is 0 Å². The standard InChI is InChI=1S/C14H27F2NO/c15-14(16)11-18-13-10-8-6-4-2-1-3-5-7-9-12(13)17/h12-14H,1-11,17H2. The first kappa shape index (κ1) is 15.8. The van der Waals surface area contributed by atoms with Crippen LogP contribution < -0.4 is 5.73 Å². The van der Waals surface area contributed by atoms with Crippen molar-refractivity contribution in [1.82, 2.24) is 0 Å². The Labute approximate surface area is 109 Å². The zero-order valence-electron chi connectivity index (χ0n) is 11.3. The number of halogens is 2. The van der Waals surface area contributed by atoms with E-state index in [1.807, 2.05) is 0 Å². The Bertz CT molecular complexity index is 202. The molecule has 2 unspecified atom stereocenters. The van der Waals surface area contributed by atoms with Crippen molar-refractivity contribution < 1.29 is 13.5 Å². The summed E-state index contributed by atoms with van der Waals surface area (Å²) in [5, 5.41) is 0. The van der Waals surface area contributed by atoms with Crippen LogP contribution in [0.2, 0.25) is 0 Å². The number of ether oxygens (including phenoxy) is 1. The Morgan fingerprint density at radius 3 is 1.94 bits per heavy atom. The predicted octanol–water partition coefficient (Wildman–Crippen LogP) is 3.88. The highest BCUT2D eigenvalue weighted by Crippen LogP contribution is 2.18. The van der Waals surface area contributed by atoms with Crippen molar-refractivity contribution in [3.63, 3.8) is 0 Å². The second-order valence-electron chi connectivity index (χ2n) is 5.33. The molecular formula is C14H27F2NO. The largest absolute Gasteiger partial charge is 0.371 e. The lowest BCUT2D eigenvalue weighted by Crippen LogP contribution is -2.37. The molecule has 1 saturated carbocycles. The molecule has 1 aliphatic rings. The molecule has 0 saturated heterocycles. The van der Waals surface area contributed by atoms with Crippen LogP contribution in [-0.2, 0) is 4.74 Å². The first-order chi connectivity index (χ1) is 8.70. The Kier molecular flexibility index (Phi) is 8.51. The average molecular weight is 263 g/mol. The zero-order chi connectivity index (χ0) is 13.2. The summed E-state index contributed by atoms with van der Waals surface area (Å²) in [4.78, 5) is 0. The third-order valence-corrected chi connectivity index (χ3v) is 3.69. The summed E-state index contributed by atoms with van der Waals surface area (Å²) in [5.41, 5.74) is 6.08. The summed E-state index contributed by atoms with van der Waals surface area (Å²) in [6, 6.07) is -0.0804. The Morgan fingerprint density at radius 1 is 0.889 bits per heavy atom. The van der Waals surface area contributed by atoms with Crippen molar-refractivity contribution in [1.29, 1.82) is 0 Å². The predicted molar refractivity (Wildman–Crippen MR) is 69.9 cm³/mol. The van der Waals surface area contributed by atoms with E-state index >= 15 is 0 Å². The summed E-state index contributed by atoms with van der Waals surface area (Å²) in [6.45, 7) is -0.474. The fourth-order valence-corrected chi connectivity index (χ4v) is 2.59. The molecule has 0 heterocycles. The molecule has 0 aliphatic heterocycles. The summed E-state index contributed by atoms with van der Waals surface area (Å²) in [7, 11) is 0. The van der Waals surface area contributed by atoms with Crippen LogP contribution in [0.25, 0.3) is 0 Å². The topological polar surface area (TPSA) is 35.2 Å². The molecule has 0 radical (unpaired) electrons. The molecule has 18 heavy (non-hydrogen) atoms. The molecule has 0 aromatic rings. The van der Waals surface area contributed by atoms with Crippen molar-refractivity contribution in [2.45, 2.75) is 82.8 Å². The number of alkyl halides is 2. The molecule has 0 aromatic heterocycles. The van der Waals surface area contributed by atoms with Gasteiger partial charge in [-0.1, -0.05) is 51.4 Å². The van der Waals surface area contributed by atoms with Crippen LogP contribution in [0.4, 0.5) is 8.78 Å². The molecule has 0 spiro atoms. The van der Waals surface area contributed by atoms with Gasteiger partial charge in [0, 0.05) is 6.04 Å². The maximum atomic E-state index is 12.2. The minimum absolute atomic E-state index is 0.0804. The van der Waals surface area contributed by atoms with Crippen LogP contribution in [0.3, 0.4) is 0 Å². The lowest BCUT2D eigenvalue weighted by Gasteiger charge is -2.25. The molecule has 1 rings (SSSR count). The van der Waals surface area contributed by atoms with E-state index < -0.39 is 13.0 Å². The first-order valence-corrected chi connectivity index (χ1v) is 7.35. The Balaban J connectivity index is 2.36. The Hall–Kier alpha value is -0.220. The van der Waals surface area contributed by atoms with E-state index in [9.17, 15) is 8.78 Å². The molecule has 2 N–H and O–H groups in total. The van der Waals surface area contributed by atoms with Crippen LogP contribution in [-0.4, -0.2) is 25.2 Å². The maximum Gasteiger partial charge on any atom is 0.261 e. The van der Waals surface area contributed by atoms with Gasteiger partial charge in [-0.05, 0) is 12.8 Å². The Morgan fingerprint density at radius 2 is 1.39 bits per heavy atom. The van der Waals surface area contributed by atoms with E-state index in [4.69, 9.17) is 10.5 Å². The normalized spacial score (nSPS) is 28.7. The fourth-order valence-electron chi connectivity index (χ4n) is 2.59. The number of hydrogen-bond acceptors (Lipinski definition) is 2. The van der Waals surface area contributed by atoms with E-state index in [1.165, 1.54) is 38.5 Å². The van der Waals surface area contributed by atoms with Gasteiger partial charge in [-0.2, -0.15) is 0 Å². The van der Waals surface area contributed by atoms with Gasteiger partial charge in [-0.15, -0.1) is 0 Å². The van der Waals surface area contributed by atoms with Gasteiger partial charge in [0.25, 0.3) is 6.43 Å². The molecule has 1 aliphatic carbocycles. The molecule has 1 fully saturated rings. The minimum Gasteiger partial charge on any atom is -0.371 e. The van der Waals surface area contributed by atoms with Crippen LogP contribution in [0, 0.1) is 0 Å². The van der Waals surface area contributed by atoms with Gasteiger partial charge in [0.2, 0.25) is 0 Å². The van der Waals surface area contributed by atoms with Crippen LogP contribution >= 0.6 is 0 Å². The number of rotatable bonds is 3. The summed E-state index contributed by atoms with van der Waals surface area (Å²) < 4.78 is 29.7. The summed E-state index contributed by atoms with van der Waals surface area (Å²) >= 11 is 0. The molecule has 0 amide bonds. The molecule has 0 bridgehead atoms. The molecule has 0 aromatic carbocycles. The molecule has 108 valence electrons. The SMILES string of the molecule is NC1CCCCCCCCCCC1OCC(F)F. The molecule has 4 heteroatoms. The van der Waals surface area contributed by atoms with Crippen LogP contribution in [0.15, 0.2) is 0 Å². The lowest BCUT2D eigenvalue weighted by atomic mass is 9.96. The highest BCUT2D eigenvalue weighted by Gasteiger charge is 2.19. The van der Waals surface area contributed by atoms with E-state index in [-0.39, 0.29) is 12.1 Å². The van der Waals surface area contributed by atoms with Crippen molar-refractivity contribution >= 4 is 0 Å². The van der Waals surface area contributed by atoms with Gasteiger partial charge in [0.05, 0.1) is 6.10 Å². The van der Waals surface area contributed by atoms with Crippen molar-refractivity contribution in [2.24, 2.45) is 5.73 Å². The smallest absolute Gasteiger partial charge is 0.261 e. The fraction of sp³-hybridized carbons (Fsp3) is 1.00. The van der Waals surface area contributed by atoms with Gasteiger partial charge >= 0.3 is 0 Å². The second-order valence-corrected chi connectivity index (χ2v) is 5.33. The molecule has 2 atom stereocenters. The van der Waals surface area contributed by atoms with Gasteiger partial charge in [0.1, 0.15) is 6.61 Å². The highest BCUT2D eigenvalue weighted by atomic mass is 19.3. The lowest BCUT2D eigenvalue weighted by molar-refractivity contribution is -0.0382.